The lowest BCUT2D eigenvalue weighted by atomic mass is 9.87. The number of aromatic nitrogens is 1. The standard InChI is InChI=1S/C22H26N4O/c1-15(2)26-20-7-6-17(12-19(20)16(3)13-22(26,4)5)14-24-25-21(27)18-8-10-23-11-9-18/h6-15H,1-5H3,(H,25,27)/b24-14-. The molecule has 1 aromatic carbocycles. The van der Waals surface area contributed by atoms with Crippen LogP contribution in [-0.4, -0.2) is 28.7 Å². The van der Waals surface area contributed by atoms with Gasteiger partial charge in [-0.2, -0.15) is 5.10 Å². The van der Waals surface area contributed by atoms with Gasteiger partial charge in [0.15, 0.2) is 0 Å². The monoisotopic (exact) mass is 362 g/mol. The van der Waals surface area contributed by atoms with Gasteiger partial charge in [-0.05, 0) is 70.0 Å². The van der Waals surface area contributed by atoms with Crippen LogP contribution in [0.2, 0.25) is 0 Å². The summed E-state index contributed by atoms with van der Waals surface area (Å²) in [5, 5.41) is 4.10. The second-order valence-electron chi connectivity index (χ2n) is 7.66. The topological polar surface area (TPSA) is 57.6 Å². The van der Waals surface area contributed by atoms with Gasteiger partial charge in [0.25, 0.3) is 5.91 Å². The fourth-order valence-electron chi connectivity index (χ4n) is 3.82. The Morgan fingerprint density at radius 2 is 1.93 bits per heavy atom. The molecule has 0 bridgehead atoms. The van der Waals surface area contributed by atoms with E-state index in [-0.39, 0.29) is 11.4 Å². The van der Waals surface area contributed by atoms with Gasteiger partial charge in [0.2, 0.25) is 0 Å². The van der Waals surface area contributed by atoms with Crippen molar-refractivity contribution in [2.75, 3.05) is 4.90 Å². The highest BCUT2D eigenvalue weighted by Gasteiger charge is 2.32. The van der Waals surface area contributed by atoms with Crippen molar-refractivity contribution in [2.24, 2.45) is 5.10 Å². The van der Waals surface area contributed by atoms with Crippen molar-refractivity contribution in [2.45, 2.75) is 46.2 Å². The first-order valence-corrected chi connectivity index (χ1v) is 9.16. The maximum absolute atomic E-state index is 12.0. The molecule has 140 valence electrons. The molecule has 5 nitrogen and oxygen atoms in total. The number of pyridine rings is 1. The Balaban J connectivity index is 1.82. The van der Waals surface area contributed by atoms with E-state index in [1.807, 2.05) is 6.07 Å². The van der Waals surface area contributed by atoms with E-state index in [9.17, 15) is 4.79 Å². The summed E-state index contributed by atoms with van der Waals surface area (Å²) in [6.07, 6.45) is 7.14. The number of nitrogens with one attached hydrogen (secondary N) is 1. The molecular formula is C22H26N4O. The number of anilines is 1. The molecule has 3 rings (SSSR count). The number of hydrogen-bond donors (Lipinski definition) is 1. The van der Waals surface area contributed by atoms with Crippen LogP contribution >= 0.6 is 0 Å². The Kier molecular flexibility index (Phi) is 5.13. The third-order valence-corrected chi connectivity index (χ3v) is 4.73. The van der Waals surface area contributed by atoms with E-state index in [4.69, 9.17) is 0 Å². The van der Waals surface area contributed by atoms with Gasteiger partial charge >= 0.3 is 0 Å². The van der Waals surface area contributed by atoms with Crippen LogP contribution in [0.15, 0.2) is 53.9 Å². The molecule has 27 heavy (non-hydrogen) atoms. The van der Waals surface area contributed by atoms with Crippen molar-refractivity contribution >= 4 is 23.4 Å². The lowest BCUT2D eigenvalue weighted by molar-refractivity contribution is 0.0955. The maximum atomic E-state index is 12.0. The number of benzene rings is 1. The number of rotatable bonds is 4. The van der Waals surface area contributed by atoms with E-state index in [2.05, 4.69) is 73.2 Å². The second-order valence-corrected chi connectivity index (χ2v) is 7.66. The minimum atomic E-state index is -0.254. The molecule has 0 aliphatic carbocycles. The molecule has 1 aliphatic heterocycles. The number of hydrazone groups is 1. The molecule has 1 aliphatic rings. The number of carbonyl (C=O) groups is 1. The Morgan fingerprint density at radius 1 is 1.22 bits per heavy atom. The zero-order chi connectivity index (χ0) is 19.6. The van der Waals surface area contributed by atoms with E-state index in [1.54, 1.807) is 30.7 Å². The van der Waals surface area contributed by atoms with Gasteiger partial charge < -0.3 is 4.90 Å². The smallest absolute Gasteiger partial charge is 0.271 e. The van der Waals surface area contributed by atoms with Gasteiger partial charge in [0, 0.05) is 35.2 Å². The molecular weight excluding hydrogens is 336 g/mol. The molecule has 0 fully saturated rings. The van der Waals surface area contributed by atoms with Crippen molar-refractivity contribution in [1.82, 2.24) is 10.4 Å². The van der Waals surface area contributed by atoms with Crippen LogP contribution in [0.4, 0.5) is 5.69 Å². The number of nitrogens with zero attached hydrogens (tertiary/aromatic N) is 3. The zero-order valence-electron chi connectivity index (χ0n) is 16.5. The highest BCUT2D eigenvalue weighted by atomic mass is 16.2. The fraction of sp³-hybridized carbons (Fsp3) is 0.318. The summed E-state index contributed by atoms with van der Waals surface area (Å²) < 4.78 is 0. The van der Waals surface area contributed by atoms with Crippen molar-refractivity contribution in [1.29, 1.82) is 0 Å². The van der Waals surface area contributed by atoms with Crippen LogP contribution in [0.1, 0.15) is 56.1 Å². The van der Waals surface area contributed by atoms with Crippen LogP contribution in [0.3, 0.4) is 0 Å². The minimum absolute atomic E-state index is 0.0284. The average molecular weight is 362 g/mol. The summed E-state index contributed by atoms with van der Waals surface area (Å²) in [7, 11) is 0. The predicted octanol–water partition coefficient (Wildman–Crippen LogP) is 4.26. The molecule has 2 aromatic rings. The summed E-state index contributed by atoms with van der Waals surface area (Å²) >= 11 is 0. The molecule has 0 radical (unpaired) electrons. The van der Waals surface area contributed by atoms with Crippen molar-refractivity contribution in [3.63, 3.8) is 0 Å². The third-order valence-electron chi connectivity index (χ3n) is 4.73. The van der Waals surface area contributed by atoms with E-state index >= 15 is 0 Å². The van der Waals surface area contributed by atoms with E-state index in [1.165, 1.54) is 16.8 Å². The first-order chi connectivity index (χ1) is 12.8. The summed E-state index contributed by atoms with van der Waals surface area (Å²) in [6, 6.07) is 9.99. The van der Waals surface area contributed by atoms with E-state index in [0.29, 0.717) is 11.6 Å². The predicted molar refractivity (Wildman–Crippen MR) is 111 cm³/mol. The molecule has 2 heterocycles. The number of amides is 1. The fourth-order valence-corrected chi connectivity index (χ4v) is 3.82. The highest BCUT2D eigenvalue weighted by molar-refractivity contribution is 5.95. The lowest BCUT2D eigenvalue weighted by Gasteiger charge is -2.46. The van der Waals surface area contributed by atoms with Crippen molar-refractivity contribution < 1.29 is 4.79 Å². The first-order valence-electron chi connectivity index (χ1n) is 9.16. The zero-order valence-corrected chi connectivity index (χ0v) is 16.5. The number of allylic oxidation sites excluding steroid dienone is 1. The Hall–Kier alpha value is -2.95. The van der Waals surface area contributed by atoms with E-state index < -0.39 is 0 Å². The molecule has 0 saturated carbocycles. The van der Waals surface area contributed by atoms with Gasteiger partial charge in [-0.15, -0.1) is 0 Å². The van der Waals surface area contributed by atoms with Crippen molar-refractivity contribution in [3.8, 4) is 0 Å². The largest absolute Gasteiger partial charge is 0.360 e. The number of carbonyl (C=O) groups excluding carboxylic acids is 1. The quantitative estimate of drug-likeness (QED) is 0.653. The second kappa shape index (κ2) is 7.35. The molecule has 5 heteroatoms. The van der Waals surface area contributed by atoms with Gasteiger partial charge in [-0.3, -0.25) is 9.78 Å². The molecule has 1 amide bonds. The van der Waals surface area contributed by atoms with Crippen LogP contribution in [0, 0.1) is 0 Å². The maximum Gasteiger partial charge on any atom is 0.271 e. The summed E-state index contributed by atoms with van der Waals surface area (Å²) in [4.78, 5) is 18.4. The lowest BCUT2D eigenvalue weighted by Crippen LogP contribution is -2.49. The van der Waals surface area contributed by atoms with Crippen LogP contribution in [-0.2, 0) is 0 Å². The Morgan fingerprint density at radius 3 is 2.59 bits per heavy atom. The molecule has 0 saturated heterocycles. The van der Waals surface area contributed by atoms with Gasteiger partial charge in [-0.1, -0.05) is 12.1 Å². The van der Waals surface area contributed by atoms with Crippen molar-refractivity contribution in [3.05, 3.63) is 65.5 Å². The Bertz CT molecular complexity index is 898. The molecule has 0 unspecified atom stereocenters. The molecule has 1 N–H and O–H groups in total. The Labute approximate surface area is 160 Å². The number of fused-ring (bicyclic) bond motifs is 1. The summed E-state index contributed by atoms with van der Waals surface area (Å²) in [5.41, 5.74) is 7.69. The number of hydrogen-bond acceptors (Lipinski definition) is 4. The van der Waals surface area contributed by atoms with Crippen LogP contribution < -0.4 is 10.3 Å². The average Bonchev–Trinajstić information content (AvgIpc) is 2.61. The highest BCUT2D eigenvalue weighted by Crippen LogP contribution is 2.40. The van der Waals surface area contributed by atoms with Gasteiger partial charge in [0.1, 0.15) is 0 Å². The molecule has 0 spiro atoms. The first kappa shape index (κ1) is 18.8. The SMILES string of the molecule is CC1=CC(C)(C)N(C(C)C)c2ccc(/C=N\NC(=O)c3ccncc3)cc21. The van der Waals surface area contributed by atoms with Crippen LogP contribution in [0.5, 0.6) is 0 Å². The summed E-state index contributed by atoms with van der Waals surface area (Å²) in [5.74, 6) is -0.254. The summed E-state index contributed by atoms with van der Waals surface area (Å²) in [6.45, 7) is 11.0. The van der Waals surface area contributed by atoms with Crippen LogP contribution in [0.25, 0.3) is 5.57 Å². The van der Waals surface area contributed by atoms with Gasteiger partial charge in [-0.25, -0.2) is 5.43 Å². The molecule has 0 atom stereocenters. The van der Waals surface area contributed by atoms with E-state index in [0.717, 1.165) is 5.56 Å². The normalized spacial score (nSPS) is 15.6. The third kappa shape index (κ3) is 3.92. The molecule has 1 aromatic heterocycles. The minimum Gasteiger partial charge on any atom is -0.360 e. The van der Waals surface area contributed by atoms with Gasteiger partial charge in [0.05, 0.1) is 11.8 Å².